The number of aromatic nitrogens is 4. The van der Waals surface area contributed by atoms with Crippen molar-refractivity contribution in [1.82, 2.24) is 18.3 Å². The molecule has 4 heterocycles. The molecule has 4 nitrogen and oxygen atoms in total. The van der Waals surface area contributed by atoms with Crippen LogP contribution in [0.5, 0.6) is 0 Å². The lowest BCUT2D eigenvalue weighted by Crippen LogP contribution is -1.96. The zero-order valence-electron chi connectivity index (χ0n) is 33.6. The van der Waals surface area contributed by atoms with Gasteiger partial charge in [0.2, 0.25) is 0 Å². The van der Waals surface area contributed by atoms with Gasteiger partial charge in [-0.2, -0.15) is 0 Å². The van der Waals surface area contributed by atoms with Gasteiger partial charge < -0.3 is 18.3 Å². The van der Waals surface area contributed by atoms with Gasteiger partial charge in [-0.3, -0.25) is 0 Å². The van der Waals surface area contributed by atoms with Crippen molar-refractivity contribution in [3.05, 3.63) is 218 Å². The third kappa shape index (κ3) is 4.50. The Morgan fingerprint density at radius 1 is 0.177 bits per heavy atom. The fourth-order valence-corrected chi connectivity index (χ4v) is 10.8. The maximum Gasteiger partial charge on any atom is 0.0547 e. The number of hydrogen-bond acceptors (Lipinski definition) is 0. The number of nitrogens with zero attached hydrogens (tertiary/aromatic N) is 4. The molecular weight excluding hydrogens is 753 g/mol. The molecule has 0 bridgehead atoms. The van der Waals surface area contributed by atoms with Crippen molar-refractivity contribution in [3.63, 3.8) is 0 Å². The van der Waals surface area contributed by atoms with E-state index in [1.165, 1.54) is 109 Å². The number of rotatable bonds is 4. The molecule has 14 rings (SSSR count). The first-order valence-electron chi connectivity index (χ1n) is 21.4. The molecule has 288 valence electrons. The molecule has 0 atom stereocenters. The van der Waals surface area contributed by atoms with Crippen molar-refractivity contribution in [1.29, 1.82) is 0 Å². The predicted octanol–water partition coefficient (Wildman–Crippen LogP) is 15.2. The van der Waals surface area contributed by atoms with Crippen LogP contribution in [0, 0.1) is 0 Å². The van der Waals surface area contributed by atoms with Crippen LogP contribution in [0.3, 0.4) is 0 Å². The van der Waals surface area contributed by atoms with Crippen LogP contribution in [-0.2, 0) is 0 Å². The maximum absolute atomic E-state index is 2.47. The van der Waals surface area contributed by atoms with Crippen LogP contribution in [0.2, 0.25) is 0 Å². The quantitative estimate of drug-likeness (QED) is 0.169. The molecule has 4 heteroatoms. The molecule has 0 aliphatic carbocycles. The molecule has 0 amide bonds. The van der Waals surface area contributed by atoms with Gasteiger partial charge in [0.1, 0.15) is 0 Å². The highest BCUT2D eigenvalue weighted by Crippen LogP contribution is 2.44. The minimum absolute atomic E-state index is 1.15. The Hall–Kier alpha value is -8.34. The van der Waals surface area contributed by atoms with Crippen LogP contribution < -0.4 is 0 Å². The van der Waals surface area contributed by atoms with Gasteiger partial charge in [0, 0.05) is 65.8 Å². The minimum Gasteiger partial charge on any atom is -0.309 e. The Balaban J connectivity index is 1.01. The first-order chi connectivity index (χ1) is 30.8. The molecule has 10 aromatic carbocycles. The first kappa shape index (κ1) is 33.5. The van der Waals surface area contributed by atoms with E-state index < -0.39 is 0 Å². The zero-order valence-corrected chi connectivity index (χ0v) is 33.6. The van der Waals surface area contributed by atoms with Gasteiger partial charge in [-0.05, 0) is 108 Å². The van der Waals surface area contributed by atoms with Gasteiger partial charge in [0.25, 0.3) is 0 Å². The molecule has 0 aliphatic rings. The molecular formula is C58H36N4. The summed E-state index contributed by atoms with van der Waals surface area (Å²) in [7, 11) is 0. The van der Waals surface area contributed by atoms with Crippen molar-refractivity contribution in [3.8, 4) is 22.7 Å². The average molecular weight is 789 g/mol. The van der Waals surface area contributed by atoms with Gasteiger partial charge in [-0.1, -0.05) is 121 Å². The predicted molar refractivity (Wildman–Crippen MR) is 261 cm³/mol. The van der Waals surface area contributed by atoms with Crippen LogP contribution in [0.15, 0.2) is 218 Å². The van der Waals surface area contributed by atoms with Crippen molar-refractivity contribution in [2.45, 2.75) is 0 Å². The van der Waals surface area contributed by atoms with Crippen molar-refractivity contribution >= 4 is 98.0 Å². The van der Waals surface area contributed by atoms with Crippen LogP contribution in [0.1, 0.15) is 0 Å². The lowest BCUT2D eigenvalue weighted by molar-refractivity contribution is 1.16. The van der Waals surface area contributed by atoms with Crippen molar-refractivity contribution in [2.24, 2.45) is 0 Å². The summed E-state index contributed by atoms with van der Waals surface area (Å²) in [6, 6.07) is 80.1. The SMILES string of the molecule is c1ccc(-n2c3ccccc3c3cc(-n4c5ccccc5c5c6ccc7c(c6ccc54)c4ccccc4n7-c4ccc5c(c4)c4ccccc4n5-c4ccccc4)ccc32)cc1. The molecule has 0 unspecified atom stereocenters. The lowest BCUT2D eigenvalue weighted by Gasteiger charge is -2.11. The zero-order chi connectivity index (χ0) is 40.5. The summed E-state index contributed by atoms with van der Waals surface area (Å²) >= 11 is 0. The van der Waals surface area contributed by atoms with E-state index in [4.69, 9.17) is 0 Å². The molecule has 0 saturated heterocycles. The topological polar surface area (TPSA) is 19.7 Å². The van der Waals surface area contributed by atoms with Crippen molar-refractivity contribution in [2.75, 3.05) is 0 Å². The van der Waals surface area contributed by atoms with Crippen LogP contribution in [0.25, 0.3) is 121 Å². The Labute approximate surface area is 355 Å². The number of fused-ring (bicyclic) bond motifs is 15. The molecule has 0 N–H and O–H groups in total. The fraction of sp³-hybridized carbons (Fsp3) is 0. The van der Waals surface area contributed by atoms with E-state index in [9.17, 15) is 0 Å². The highest BCUT2D eigenvalue weighted by Gasteiger charge is 2.21. The van der Waals surface area contributed by atoms with E-state index in [1.807, 2.05) is 0 Å². The molecule has 0 spiro atoms. The summed E-state index contributed by atoms with van der Waals surface area (Å²) in [5, 5.41) is 12.6. The summed E-state index contributed by atoms with van der Waals surface area (Å²) in [4.78, 5) is 0. The Kier molecular flexibility index (Phi) is 6.80. The monoisotopic (exact) mass is 788 g/mol. The van der Waals surface area contributed by atoms with Gasteiger partial charge >= 0.3 is 0 Å². The second-order valence-electron chi connectivity index (χ2n) is 16.5. The molecule has 0 fully saturated rings. The second-order valence-corrected chi connectivity index (χ2v) is 16.5. The summed E-state index contributed by atoms with van der Waals surface area (Å²) in [6.45, 7) is 0. The minimum atomic E-state index is 1.15. The molecule has 0 radical (unpaired) electrons. The third-order valence-electron chi connectivity index (χ3n) is 13.3. The summed E-state index contributed by atoms with van der Waals surface area (Å²) in [5.74, 6) is 0. The molecule has 4 aromatic heterocycles. The number of hydrogen-bond donors (Lipinski definition) is 0. The van der Waals surface area contributed by atoms with Crippen molar-refractivity contribution < 1.29 is 0 Å². The first-order valence-corrected chi connectivity index (χ1v) is 21.4. The standard InChI is InChI=1S/C58H36N4/c1-3-15-37(16-4-1)59-49-23-11-7-19-41(49)47-35-39(27-31-53(47)59)61-51-25-13-9-21-45(51)57-43-30-34-56-58(44(43)29-33-55(57)61)46-22-10-14-26-52(46)62(56)40-28-32-54-48(36-40)42-20-8-12-24-50(42)60(54)38-17-5-2-6-18-38/h1-36H. The summed E-state index contributed by atoms with van der Waals surface area (Å²) in [6.07, 6.45) is 0. The fourth-order valence-electron chi connectivity index (χ4n) is 10.8. The molecule has 14 aromatic rings. The maximum atomic E-state index is 2.47. The van der Waals surface area contributed by atoms with E-state index in [0.717, 1.165) is 11.4 Å². The van der Waals surface area contributed by atoms with E-state index in [0.29, 0.717) is 0 Å². The van der Waals surface area contributed by atoms with E-state index in [1.54, 1.807) is 0 Å². The molecule has 62 heavy (non-hydrogen) atoms. The molecule has 0 saturated carbocycles. The number of para-hydroxylation sites is 6. The average Bonchev–Trinajstić information content (AvgIpc) is 4.07. The van der Waals surface area contributed by atoms with E-state index in [2.05, 4.69) is 237 Å². The lowest BCUT2D eigenvalue weighted by atomic mass is 9.99. The van der Waals surface area contributed by atoms with Crippen LogP contribution in [0.4, 0.5) is 0 Å². The Morgan fingerprint density at radius 3 is 0.903 bits per heavy atom. The van der Waals surface area contributed by atoms with Crippen LogP contribution in [-0.4, -0.2) is 18.3 Å². The largest absolute Gasteiger partial charge is 0.309 e. The van der Waals surface area contributed by atoms with Crippen LogP contribution >= 0.6 is 0 Å². The van der Waals surface area contributed by atoms with E-state index in [-0.39, 0.29) is 0 Å². The Bertz CT molecular complexity index is 3870. The third-order valence-corrected chi connectivity index (χ3v) is 13.3. The van der Waals surface area contributed by atoms with Gasteiger partial charge in [0.05, 0.1) is 44.1 Å². The second kappa shape index (κ2) is 12.6. The summed E-state index contributed by atoms with van der Waals surface area (Å²) in [5.41, 5.74) is 14.3. The normalized spacial score (nSPS) is 12.2. The highest BCUT2D eigenvalue weighted by atomic mass is 15.0. The Morgan fingerprint density at radius 2 is 0.484 bits per heavy atom. The number of benzene rings is 10. The van der Waals surface area contributed by atoms with Gasteiger partial charge in [0.15, 0.2) is 0 Å². The molecule has 0 aliphatic heterocycles. The van der Waals surface area contributed by atoms with Gasteiger partial charge in [-0.25, -0.2) is 0 Å². The summed E-state index contributed by atoms with van der Waals surface area (Å²) < 4.78 is 9.70. The van der Waals surface area contributed by atoms with Gasteiger partial charge in [-0.15, -0.1) is 0 Å². The highest BCUT2D eigenvalue weighted by molar-refractivity contribution is 6.29. The smallest absolute Gasteiger partial charge is 0.0547 e. The van der Waals surface area contributed by atoms with E-state index >= 15 is 0 Å².